The van der Waals surface area contributed by atoms with Gasteiger partial charge in [0.1, 0.15) is 6.33 Å². The lowest BCUT2D eigenvalue weighted by atomic mass is 9.88. The van der Waals surface area contributed by atoms with Crippen molar-refractivity contribution in [1.29, 1.82) is 0 Å². The van der Waals surface area contributed by atoms with Crippen LogP contribution in [0.2, 0.25) is 0 Å². The van der Waals surface area contributed by atoms with E-state index >= 15 is 0 Å². The first kappa shape index (κ1) is 12.0. The van der Waals surface area contributed by atoms with E-state index in [0.29, 0.717) is 12.0 Å². The fourth-order valence-corrected chi connectivity index (χ4v) is 3.00. The molecule has 3 heterocycles. The maximum absolute atomic E-state index is 5.82. The molecule has 0 radical (unpaired) electrons. The first-order valence-electron chi connectivity index (χ1n) is 6.79. The van der Waals surface area contributed by atoms with E-state index in [1.54, 1.807) is 6.33 Å². The average molecular weight is 247 g/mol. The second-order valence-corrected chi connectivity index (χ2v) is 5.48. The number of fused-ring (bicyclic) bond motifs is 1. The summed E-state index contributed by atoms with van der Waals surface area (Å²) in [5.74, 6) is 6.37. The molecule has 1 atom stereocenters. The van der Waals surface area contributed by atoms with Gasteiger partial charge in [0.2, 0.25) is 0 Å². The van der Waals surface area contributed by atoms with Gasteiger partial charge in [-0.2, -0.15) is 0 Å². The average Bonchev–Trinajstić information content (AvgIpc) is 2.38. The third-order valence-corrected chi connectivity index (χ3v) is 4.11. The standard InChI is InChI=1S/C13H21N5/c1-9-6-12-11(7-15-9)13(17-8-16-12)10-2-4-18(14)5-3-10/h8-10,15H,2-7,14H2,1H3/t9-/m1/s1. The molecule has 5 heteroatoms. The zero-order valence-electron chi connectivity index (χ0n) is 10.9. The summed E-state index contributed by atoms with van der Waals surface area (Å²) >= 11 is 0. The summed E-state index contributed by atoms with van der Waals surface area (Å²) in [6, 6.07) is 0.520. The highest BCUT2D eigenvalue weighted by atomic mass is 15.4. The third kappa shape index (κ3) is 2.25. The molecule has 0 amide bonds. The summed E-state index contributed by atoms with van der Waals surface area (Å²) in [7, 11) is 0. The number of nitrogens with zero attached hydrogens (tertiary/aromatic N) is 3. The Kier molecular flexibility index (Phi) is 3.28. The van der Waals surface area contributed by atoms with Crippen LogP contribution in [0, 0.1) is 0 Å². The van der Waals surface area contributed by atoms with E-state index < -0.39 is 0 Å². The topological polar surface area (TPSA) is 67.1 Å². The molecule has 0 bridgehead atoms. The predicted molar refractivity (Wildman–Crippen MR) is 69.8 cm³/mol. The summed E-state index contributed by atoms with van der Waals surface area (Å²) < 4.78 is 0. The summed E-state index contributed by atoms with van der Waals surface area (Å²) in [6.07, 6.45) is 4.96. The minimum atomic E-state index is 0.520. The van der Waals surface area contributed by atoms with Crippen molar-refractivity contribution in [2.75, 3.05) is 13.1 Å². The van der Waals surface area contributed by atoms with Crippen molar-refractivity contribution >= 4 is 0 Å². The SMILES string of the molecule is C[C@@H]1Cc2ncnc(C3CCN(N)CC3)c2CN1. The zero-order chi connectivity index (χ0) is 12.5. The molecule has 3 N–H and O–H groups in total. The van der Waals surface area contributed by atoms with Crippen LogP contribution in [0.3, 0.4) is 0 Å². The van der Waals surface area contributed by atoms with Crippen molar-refractivity contribution in [2.24, 2.45) is 5.84 Å². The minimum Gasteiger partial charge on any atom is -0.310 e. The molecular weight excluding hydrogens is 226 g/mol. The lowest BCUT2D eigenvalue weighted by molar-refractivity contribution is 0.215. The van der Waals surface area contributed by atoms with Crippen LogP contribution < -0.4 is 11.2 Å². The molecule has 0 aromatic carbocycles. The maximum Gasteiger partial charge on any atom is 0.115 e. The van der Waals surface area contributed by atoms with E-state index in [0.717, 1.165) is 38.9 Å². The highest BCUT2D eigenvalue weighted by Gasteiger charge is 2.26. The van der Waals surface area contributed by atoms with Crippen molar-refractivity contribution < 1.29 is 0 Å². The minimum absolute atomic E-state index is 0.520. The molecule has 1 fully saturated rings. The van der Waals surface area contributed by atoms with Gasteiger partial charge in [-0.1, -0.05) is 0 Å². The Hall–Kier alpha value is -1.04. The Morgan fingerprint density at radius 3 is 2.89 bits per heavy atom. The number of hydrazine groups is 1. The second-order valence-electron chi connectivity index (χ2n) is 5.48. The Morgan fingerprint density at radius 1 is 1.33 bits per heavy atom. The maximum atomic E-state index is 5.82. The Bertz CT molecular complexity index is 425. The predicted octanol–water partition coefficient (Wildman–Crippen LogP) is 0.564. The Balaban J connectivity index is 1.86. The zero-order valence-corrected chi connectivity index (χ0v) is 10.9. The number of rotatable bonds is 1. The van der Waals surface area contributed by atoms with Crippen molar-refractivity contribution in [3.63, 3.8) is 0 Å². The Morgan fingerprint density at radius 2 is 2.11 bits per heavy atom. The van der Waals surface area contributed by atoms with Gasteiger partial charge in [0.05, 0.1) is 11.4 Å². The van der Waals surface area contributed by atoms with Crippen LogP contribution in [0.1, 0.15) is 42.6 Å². The summed E-state index contributed by atoms with van der Waals surface area (Å²) in [5.41, 5.74) is 3.83. The quantitative estimate of drug-likeness (QED) is 0.710. The van der Waals surface area contributed by atoms with E-state index in [4.69, 9.17) is 5.84 Å². The van der Waals surface area contributed by atoms with E-state index in [1.165, 1.54) is 17.0 Å². The van der Waals surface area contributed by atoms with Crippen molar-refractivity contribution in [3.05, 3.63) is 23.3 Å². The van der Waals surface area contributed by atoms with Crippen LogP contribution in [0.15, 0.2) is 6.33 Å². The molecule has 5 nitrogen and oxygen atoms in total. The van der Waals surface area contributed by atoms with Gasteiger partial charge in [0.25, 0.3) is 0 Å². The molecule has 1 aromatic heterocycles. The van der Waals surface area contributed by atoms with Crippen LogP contribution in [0.5, 0.6) is 0 Å². The largest absolute Gasteiger partial charge is 0.310 e. The van der Waals surface area contributed by atoms with Crippen LogP contribution in [0.25, 0.3) is 0 Å². The molecular formula is C13H21N5. The van der Waals surface area contributed by atoms with E-state index in [9.17, 15) is 0 Å². The molecule has 1 saturated heterocycles. The van der Waals surface area contributed by atoms with Gasteiger partial charge < -0.3 is 5.32 Å². The first-order valence-corrected chi connectivity index (χ1v) is 6.79. The lowest BCUT2D eigenvalue weighted by Crippen LogP contribution is -2.39. The van der Waals surface area contributed by atoms with Gasteiger partial charge in [-0.05, 0) is 19.8 Å². The monoisotopic (exact) mass is 247 g/mol. The molecule has 0 aliphatic carbocycles. The lowest BCUT2D eigenvalue weighted by Gasteiger charge is -2.31. The number of aromatic nitrogens is 2. The highest BCUT2D eigenvalue weighted by molar-refractivity contribution is 5.30. The molecule has 0 unspecified atom stereocenters. The second kappa shape index (κ2) is 4.91. The summed E-state index contributed by atoms with van der Waals surface area (Å²) in [6.45, 7) is 5.05. The molecule has 2 aliphatic rings. The summed E-state index contributed by atoms with van der Waals surface area (Å²) in [4.78, 5) is 9.01. The van der Waals surface area contributed by atoms with Crippen LogP contribution in [0.4, 0.5) is 0 Å². The van der Waals surface area contributed by atoms with E-state index in [1.807, 2.05) is 5.01 Å². The smallest absolute Gasteiger partial charge is 0.115 e. The van der Waals surface area contributed by atoms with Crippen LogP contribution in [-0.4, -0.2) is 34.1 Å². The highest BCUT2D eigenvalue weighted by Crippen LogP contribution is 2.30. The normalized spacial score (nSPS) is 26.0. The van der Waals surface area contributed by atoms with Crippen LogP contribution >= 0.6 is 0 Å². The number of nitrogens with two attached hydrogens (primary N) is 1. The van der Waals surface area contributed by atoms with Crippen molar-refractivity contribution in [1.82, 2.24) is 20.3 Å². The van der Waals surface area contributed by atoms with Gasteiger partial charge in [0, 0.05) is 43.6 Å². The first-order chi connectivity index (χ1) is 8.74. The summed E-state index contributed by atoms with van der Waals surface area (Å²) in [5, 5.41) is 5.42. The number of piperidine rings is 1. The number of hydrogen-bond acceptors (Lipinski definition) is 5. The molecule has 1 aromatic rings. The van der Waals surface area contributed by atoms with Gasteiger partial charge in [0.15, 0.2) is 0 Å². The molecule has 3 rings (SSSR count). The van der Waals surface area contributed by atoms with E-state index in [2.05, 4.69) is 22.2 Å². The molecule has 18 heavy (non-hydrogen) atoms. The molecule has 2 aliphatic heterocycles. The molecule has 98 valence electrons. The fraction of sp³-hybridized carbons (Fsp3) is 0.692. The molecule has 0 spiro atoms. The molecule has 0 saturated carbocycles. The Labute approximate surface area is 108 Å². The van der Waals surface area contributed by atoms with Crippen LogP contribution in [-0.2, 0) is 13.0 Å². The van der Waals surface area contributed by atoms with Crippen molar-refractivity contribution in [2.45, 2.75) is 44.7 Å². The fourth-order valence-electron chi connectivity index (χ4n) is 3.00. The third-order valence-electron chi connectivity index (χ3n) is 4.11. The van der Waals surface area contributed by atoms with Gasteiger partial charge in [-0.25, -0.2) is 15.0 Å². The number of hydrogen-bond donors (Lipinski definition) is 2. The van der Waals surface area contributed by atoms with Gasteiger partial charge in [-0.15, -0.1) is 0 Å². The van der Waals surface area contributed by atoms with Crippen molar-refractivity contribution in [3.8, 4) is 0 Å². The number of nitrogens with one attached hydrogen (secondary N) is 1. The van der Waals surface area contributed by atoms with Gasteiger partial charge in [-0.3, -0.25) is 5.84 Å². The van der Waals surface area contributed by atoms with E-state index in [-0.39, 0.29) is 0 Å². The van der Waals surface area contributed by atoms with Gasteiger partial charge >= 0.3 is 0 Å².